The van der Waals surface area contributed by atoms with Crippen LogP contribution in [0.5, 0.6) is 0 Å². The monoisotopic (exact) mass is 302 g/mol. The fourth-order valence-corrected chi connectivity index (χ4v) is 6.01. The molecule has 3 aliphatic heterocycles. The predicted octanol–water partition coefficient (Wildman–Crippen LogP) is 0.901. The van der Waals surface area contributed by atoms with E-state index in [-0.39, 0.29) is 12.1 Å². The van der Waals surface area contributed by atoms with Gasteiger partial charge in [0.2, 0.25) is 0 Å². The van der Waals surface area contributed by atoms with Crippen molar-refractivity contribution in [1.82, 2.24) is 8.61 Å². The van der Waals surface area contributed by atoms with E-state index in [1.165, 1.54) is 4.31 Å². The Bertz CT molecular complexity index is 499. The topological polar surface area (TPSA) is 77.9 Å². The van der Waals surface area contributed by atoms with Crippen molar-refractivity contribution >= 4 is 16.2 Å². The van der Waals surface area contributed by atoms with Crippen LogP contribution in [0.3, 0.4) is 0 Å². The van der Waals surface area contributed by atoms with Gasteiger partial charge < -0.3 is 5.11 Å². The van der Waals surface area contributed by atoms with Gasteiger partial charge in [0.15, 0.2) is 0 Å². The van der Waals surface area contributed by atoms with Crippen molar-refractivity contribution in [2.75, 3.05) is 13.1 Å². The molecule has 0 aromatic rings. The van der Waals surface area contributed by atoms with Crippen LogP contribution < -0.4 is 0 Å². The maximum absolute atomic E-state index is 12.8. The Hall–Kier alpha value is -0.660. The van der Waals surface area contributed by atoms with Gasteiger partial charge in [-0.2, -0.15) is 17.0 Å². The van der Waals surface area contributed by atoms with Crippen molar-refractivity contribution in [2.24, 2.45) is 11.8 Å². The molecule has 0 saturated carbocycles. The Morgan fingerprint density at radius 2 is 1.80 bits per heavy atom. The summed E-state index contributed by atoms with van der Waals surface area (Å²) in [6.07, 6.45) is 3.75. The summed E-state index contributed by atoms with van der Waals surface area (Å²) in [6, 6.07) is -0.438. The SMILES string of the molecule is CC1CCN(S(=O)(=O)N2C3CCC2C(C(=O)O)C3)CC1. The highest BCUT2D eigenvalue weighted by atomic mass is 32.2. The van der Waals surface area contributed by atoms with Crippen LogP contribution in [-0.2, 0) is 15.0 Å². The normalized spacial score (nSPS) is 36.5. The quantitative estimate of drug-likeness (QED) is 0.840. The first-order valence-electron chi connectivity index (χ1n) is 7.42. The second-order valence-electron chi connectivity index (χ2n) is 6.40. The van der Waals surface area contributed by atoms with Gasteiger partial charge in [-0.05, 0) is 38.0 Å². The number of carbonyl (C=O) groups is 1. The number of fused-ring (bicyclic) bond motifs is 2. The van der Waals surface area contributed by atoms with Crippen LogP contribution in [0.4, 0.5) is 0 Å². The minimum absolute atomic E-state index is 0.106. The van der Waals surface area contributed by atoms with Gasteiger partial charge in [0, 0.05) is 25.2 Å². The number of carboxylic acids is 1. The molecule has 3 unspecified atom stereocenters. The molecular formula is C13H22N2O4S. The smallest absolute Gasteiger partial charge is 0.308 e. The average Bonchev–Trinajstić information content (AvgIpc) is 2.97. The molecule has 2 bridgehead atoms. The van der Waals surface area contributed by atoms with Gasteiger partial charge in [-0.1, -0.05) is 6.92 Å². The van der Waals surface area contributed by atoms with Crippen LogP contribution in [0.2, 0.25) is 0 Å². The number of aliphatic carboxylic acids is 1. The van der Waals surface area contributed by atoms with Crippen molar-refractivity contribution < 1.29 is 18.3 Å². The lowest BCUT2D eigenvalue weighted by Gasteiger charge is -2.34. The summed E-state index contributed by atoms with van der Waals surface area (Å²) in [5, 5.41) is 9.23. The van der Waals surface area contributed by atoms with Crippen LogP contribution >= 0.6 is 0 Å². The molecule has 7 heteroatoms. The van der Waals surface area contributed by atoms with Crippen LogP contribution in [0, 0.1) is 11.8 Å². The summed E-state index contributed by atoms with van der Waals surface area (Å²) in [7, 11) is -3.48. The third kappa shape index (κ3) is 2.16. The first-order chi connectivity index (χ1) is 9.41. The van der Waals surface area contributed by atoms with Gasteiger partial charge in [-0.25, -0.2) is 0 Å². The van der Waals surface area contributed by atoms with E-state index < -0.39 is 22.1 Å². The van der Waals surface area contributed by atoms with Gasteiger partial charge in [-0.3, -0.25) is 4.79 Å². The molecular weight excluding hydrogens is 280 g/mol. The minimum Gasteiger partial charge on any atom is -0.481 e. The third-order valence-corrected chi connectivity index (χ3v) is 7.24. The van der Waals surface area contributed by atoms with Crippen LogP contribution in [0.15, 0.2) is 0 Å². The van der Waals surface area contributed by atoms with E-state index in [0.717, 1.165) is 19.3 Å². The first-order valence-corrected chi connectivity index (χ1v) is 8.82. The number of nitrogens with zero attached hydrogens (tertiary/aromatic N) is 2. The Morgan fingerprint density at radius 3 is 2.35 bits per heavy atom. The van der Waals surface area contributed by atoms with E-state index in [2.05, 4.69) is 6.92 Å². The molecule has 0 aliphatic carbocycles. The molecule has 1 N–H and O–H groups in total. The maximum atomic E-state index is 12.8. The van der Waals surface area contributed by atoms with Gasteiger partial charge in [-0.15, -0.1) is 0 Å². The fourth-order valence-electron chi connectivity index (χ4n) is 3.91. The van der Waals surface area contributed by atoms with Crippen LogP contribution in [0.1, 0.15) is 39.0 Å². The summed E-state index contributed by atoms with van der Waals surface area (Å²) in [5.41, 5.74) is 0. The molecule has 3 saturated heterocycles. The second kappa shape index (κ2) is 4.96. The number of carboxylic acid groups (broad SMARTS) is 1. The molecule has 6 nitrogen and oxygen atoms in total. The number of piperidine rings is 1. The third-order valence-electron chi connectivity index (χ3n) is 5.13. The van der Waals surface area contributed by atoms with E-state index >= 15 is 0 Å². The molecule has 3 fully saturated rings. The highest BCUT2D eigenvalue weighted by Crippen LogP contribution is 2.44. The lowest BCUT2D eigenvalue weighted by molar-refractivity contribution is -0.142. The van der Waals surface area contributed by atoms with Gasteiger partial charge in [0.05, 0.1) is 5.92 Å². The number of hydrogen-bond acceptors (Lipinski definition) is 3. The maximum Gasteiger partial charge on any atom is 0.308 e. The summed E-state index contributed by atoms with van der Waals surface area (Å²) >= 11 is 0. The molecule has 20 heavy (non-hydrogen) atoms. The summed E-state index contributed by atoms with van der Waals surface area (Å²) < 4.78 is 28.6. The zero-order chi connectivity index (χ0) is 14.5. The highest BCUT2D eigenvalue weighted by Gasteiger charge is 2.55. The van der Waals surface area contributed by atoms with Crippen molar-refractivity contribution in [3.63, 3.8) is 0 Å². The predicted molar refractivity (Wildman–Crippen MR) is 73.3 cm³/mol. The lowest BCUT2D eigenvalue weighted by atomic mass is 9.89. The summed E-state index contributed by atoms with van der Waals surface area (Å²) in [5.74, 6) is -0.805. The Labute approximate surface area is 119 Å². The van der Waals surface area contributed by atoms with E-state index in [0.29, 0.717) is 31.8 Å². The summed E-state index contributed by atoms with van der Waals surface area (Å²) in [4.78, 5) is 11.2. The molecule has 0 amide bonds. The Balaban J connectivity index is 1.80. The largest absolute Gasteiger partial charge is 0.481 e. The minimum atomic E-state index is -3.48. The second-order valence-corrected chi connectivity index (χ2v) is 8.23. The number of rotatable bonds is 3. The van der Waals surface area contributed by atoms with E-state index in [1.54, 1.807) is 4.31 Å². The molecule has 3 rings (SSSR count). The molecule has 0 radical (unpaired) electrons. The van der Waals surface area contributed by atoms with Crippen LogP contribution in [0.25, 0.3) is 0 Å². The average molecular weight is 302 g/mol. The van der Waals surface area contributed by atoms with Crippen molar-refractivity contribution in [3.8, 4) is 0 Å². The Morgan fingerprint density at radius 1 is 1.15 bits per heavy atom. The van der Waals surface area contributed by atoms with E-state index in [9.17, 15) is 18.3 Å². The fraction of sp³-hybridized carbons (Fsp3) is 0.923. The number of hydrogen-bond donors (Lipinski definition) is 1. The summed E-state index contributed by atoms with van der Waals surface area (Å²) in [6.45, 7) is 3.28. The first kappa shape index (κ1) is 14.3. The molecule has 3 heterocycles. The van der Waals surface area contributed by atoms with E-state index in [1.807, 2.05) is 0 Å². The van der Waals surface area contributed by atoms with Gasteiger partial charge in [0.25, 0.3) is 10.2 Å². The molecule has 0 spiro atoms. The zero-order valence-electron chi connectivity index (χ0n) is 11.7. The van der Waals surface area contributed by atoms with Crippen molar-refractivity contribution in [1.29, 1.82) is 0 Å². The van der Waals surface area contributed by atoms with Gasteiger partial charge in [0.1, 0.15) is 0 Å². The van der Waals surface area contributed by atoms with Crippen molar-refractivity contribution in [3.05, 3.63) is 0 Å². The zero-order valence-corrected chi connectivity index (χ0v) is 12.6. The molecule has 0 aromatic heterocycles. The lowest BCUT2D eigenvalue weighted by Crippen LogP contribution is -2.49. The standard InChI is InChI=1S/C13H22N2O4S/c1-9-4-6-14(7-5-9)20(18,19)15-10-2-3-12(15)11(8-10)13(16)17/h9-12H,2-8H2,1H3,(H,16,17). The molecule has 3 atom stereocenters. The Kier molecular flexibility index (Phi) is 3.54. The molecule has 114 valence electrons. The van der Waals surface area contributed by atoms with Crippen molar-refractivity contribution in [2.45, 2.75) is 51.1 Å². The van der Waals surface area contributed by atoms with E-state index in [4.69, 9.17) is 0 Å². The van der Waals surface area contributed by atoms with Crippen LogP contribution in [-0.4, -0.2) is 53.3 Å². The molecule has 0 aromatic carbocycles. The molecule has 3 aliphatic rings. The highest BCUT2D eigenvalue weighted by molar-refractivity contribution is 7.86. The van der Waals surface area contributed by atoms with Gasteiger partial charge >= 0.3 is 5.97 Å².